The maximum atomic E-state index is 13.1. The van der Waals surface area contributed by atoms with E-state index in [2.05, 4.69) is 0 Å². The molecule has 0 heterocycles. The van der Waals surface area contributed by atoms with Gasteiger partial charge in [-0.1, -0.05) is 64.1 Å². The van der Waals surface area contributed by atoms with Crippen LogP contribution in [0.25, 0.3) is 0 Å². The zero-order valence-corrected chi connectivity index (χ0v) is 17.9. The predicted octanol–water partition coefficient (Wildman–Crippen LogP) is 5.36. The van der Waals surface area contributed by atoms with E-state index in [1.165, 1.54) is 0 Å². The Balaban J connectivity index is 2.71. The van der Waals surface area contributed by atoms with Gasteiger partial charge in [-0.3, -0.25) is 0 Å². The zero-order chi connectivity index (χ0) is 21.2. The largest absolute Gasteiger partial charge is 0.464 e. The van der Waals surface area contributed by atoms with Crippen molar-refractivity contribution in [3.8, 4) is 5.75 Å². The number of hydrogen-bond donors (Lipinski definition) is 1. The van der Waals surface area contributed by atoms with Gasteiger partial charge in [0, 0.05) is 0 Å². The van der Waals surface area contributed by atoms with Crippen molar-refractivity contribution in [2.45, 2.75) is 53.4 Å². The molecule has 0 aliphatic carbocycles. The van der Waals surface area contributed by atoms with Gasteiger partial charge in [-0.2, -0.15) is 8.42 Å². The third-order valence-electron chi connectivity index (χ3n) is 4.54. The van der Waals surface area contributed by atoms with Crippen molar-refractivity contribution < 1.29 is 22.5 Å². The highest BCUT2D eigenvalue weighted by Gasteiger charge is 2.36. The van der Waals surface area contributed by atoms with Gasteiger partial charge in [0.25, 0.3) is 0 Å². The van der Waals surface area contributed by atoms with Crippen LogP contribution in [0.2, 0.25) is 0 Å². The molecule has 28 heavy (non-hydrogen) atoms. The fraction of sp³-hybridized carbons (Fsp3) is 0.381. The van der Waals surface area contributed by atoms with Crippen LogP contribution in [0, 0.1) is 13.8 Å². The lowest BCUT2D eigenvalue weighted by Gasteiger charge is -2.27. The summed E-state index contributed by atoms with van der Waals surface area (Å²) in [6.07, 6.45) is -1.61. The lowest BCUT2D eigenvalue weighted by atomic mass is 9.93. The second-order valence-electron chi connectivity index (χ2n) is 7.40. The number of amides is 1. The molecule has 6 nitrogen and oxygen atoms in total. The van der Waals surface area contributed by atoms with E-state index in [-0.39, 0.29) is 23.3 Å². The van der Waals surface area contributed by atoms with Crippen LogP contribution in [0.3, 0.4) is 0 Å². The lowest BCUT2D eigenvalue weighted by Crippen LogP contribution is -2.40. The highest BCUT2D eigenvalue weighted by Crippen LogP contribution is 2.37. The molecule has 2 aromatic rings. The van der Waals surface area contributed by atoms with Crippen LogP contribution in [-0.4, -0.2) is 19.6 Å². The summed E-state index contributed by atoms with van der Waals surface area (Å²) in [4.78, 5) is 12.1. The van der Waals surface area contributed by atoms with E-state index >= 15 is 0 Å². The summed E-state index contributed by atoms with van der Waals surface area (Å²) in [6, 6.07) is 10.5. The predicted molar refractivity (Wildman–Crippen MR) is 111 cm³/mol. The average Bonchev–Trinajstić information content (AvgIpc) is 2.57. The minimum absolute atomic E-state index is 0.0778. The molecule has 0 radical (unpaired) electrons. The Labute approximate surface area is 167 Å². The molecular weight excluding hydrogens is 378 g/mol. The first-order valence-corrected chi connectivity index (χ1v) is 10.5. The molecule has 1 N–H and O–H groups in total. The molecule has 0 saturated heterocycles. The Morgan fingerprint density at radius 2 is 1.36 bits per heavy atom. The third-order valence-corrected chi connectivity index (χ3v) is 5.70. The van der Waals surface area contributed by atoms with Crippen LogP contribution in [-0.2, 0) is 10.3 Å². The Bertz CT molecular complexity index is 934. The highest BCUT2D eigenvalue weighted by atomic mass is 32.2. The number of rotatable bonds is 6. The number of benzene rings is 2. The first kappa shape index (κ1) is 21.8. The molecule has 0 unspecified atom stereocenters. The van der Waals surface area contributed by atoms with Gasteiger partial charge in [0.2, 0.25) is 0 Å². The van der Waals surface area contributed by atoms with Crippen molar-refractivity contribution in [2.75, 3.05) is 4.31 Å². The molecule has 0 aliphatic heterocycles. The third kappa shape index (κ3) is 4.30. The molecule has 2 aromatic carbocycles. The number of para-hydroxylation sites is 2. The Morgan fingerprint density at radius 1 is 0.929 bits per heavy atom. The molecule has 0 fully saturated rings. The Kier molecular flexibility index (Phi) is 6.39. The van der Waals surface area contributed by atoms with Gasteiger partial charge < -0.3 is 9.29 Å². The molecule has 0 spiro atoms. The smallest absolute Gasteiger partial charge is 0.428 e. The number of aryl methyl sites for hydroxylation is 2. The summed E-state index contributed by atoms with van der Waals surface area (Å²) in [6.45, 7) is 11.0. The van der Waals surface area contributed by atoms with Crippen molar-refractivity contribution in [3.63, 3.8) is 0 Å². The van der Waals surface area contributed by atoms with Gasteiger partial charge in [0.05, 0.1) is 5.69 Å². The van der Waals surface area contributed by atoms with E-state index in [1.807, 2.05) is 33.8 Å². The van der Waals surface area contributed by atoms with E-state index < -0.39 is 16.4 Å². The molecule has 2 rings (SSSR count). The van der Waals surface area contributed by atoms with Crippen molar-refractivity contribution in [1.29, 1.82) is 0 Å². The topological polar surface area (TPSA) is 83.9 Å². The number of hydrogen-bond acceptors (Lipinski definition) is 4. The first-order chi connectivity index (χ1) is 13.0. The molecule has 0 aliphatic rings. The van der Waals surface area contributed by atoms with E-state index in [9.17, 15) is 18.3 Å². The molecule has 0 bridgehead atoms. The maximum absolute atomic E-state index is 13.1. The summed E-state index contributed by atoms with van der Waals surface area (Å²) >= 11 is 0. The van der Waals surface area contributed by atoms with Gasteiger partial charge in [-0.25, -0.2) is 4.79 Å². The van der Waals surface area contributed by atoms with E-state index in [0.29, 0.717) is 26.6 Å². The van der Waals surface area contributed by atoms with E-state index in [4.69, 9.17) is 4.18 Å². The average molecular weight is 406 g/mol. The molecule has 0 atom stereocenters. The zero-order valence-electron chi connectivity index (χ0n) is 17.1. The number of anilines is 1. The first-order valence-electron chi connectivity index (χ1n) is 9.14. The highest BCUT2D eigenvalue weighted by molar-refractivity contribution is 7.89. The fourth-order valence-electron chi connectivity index (χ4n) is 3.12. The summed E-state index contributed by atoms with van der Waals surface area (Å²) in [5.41, 5.74) is 2.61. The van der Waals surface area contributed by atoms with Crippen molar-refractivity contribution in [2.24, 2.45) is 0 Å². The monoisotopic (exact) mass is 405 g/mol. The summed E-state index contributed by atoms with van der Waals surface area (Å²) in [5, 5.41) is 9.86. The van der Waals surface area contributed by atoms with Gasteiger partial charge in [-0.15, -0.1) is 4.31 Å². The van der Waals surface area contributed by atoms with Crippen LogP contribution in [0.5, 0.6) is 5.75 Å². The minimum atomic E-state index is -4.65. The molecule has 0 saturated carbocycles. The number of nitrogens with zero attached hydrogens (tertiary/aromatic N) is 1. The molecule has 7 heteroatoms. The summed E-state index contributed by atoms with van der Waals surface area (Å²) in [5.74, 6) is -0.0150. The van der Waals surface area contributed by atoms with E-state index in [0.717, 1.165) is 0 Å². The van der Waals surface area contributed by atoms with Gasteiger partial charge in [0.1, 0.15) is 5.75 Å². The SMILES string of the molecule is Cc1cccc(C)c1OS(=O)(=O)N(C(=O)O)c1c(C(C)C)cccc1C(C)C. The fourth-order valence-corrected chi connectivity index (χ4v) is 4.30. The second-order valence-corrected chi connectivity index (χ2v) is 8.79. The second kappa shape index (κ2) is 8.22. The standard InChI is InChI=1S/C21H27NO5S/c1-13(2)17-11-8-12-18(14(3)4)19(17)22(21(23)24)28(25,26)27-20-15(5)9-7-10-16(20)6/h7-14H,1-6H3,(H,23,24). The van der Waals surface area contributed by atoms with Gasteiger partial charge in [0.15, 0.2) is 0 Å². The molecular formula is C21H27NO5S. The molecule has 152 valence electrons. The normalized spacial score (nSPS) is 11.7. The van der Waals surface area contributed by atoms with Crippen LogP contribution >= 0.6 is 0 Å². The number of carboxylic acid groups (broad SMARTS) is 1. The molecule has 0 aromatic heterocycles. The quantitative estimate of drug-likeness (QED) is 0.699. The maximum Gasteiger partial charge on any atom is 0.428 e. The minimum Gasteiger partial charge on any atom is -0.464 e. The summed E-state index contributed by atoms with van der Waals surface area (Å²) < 4.78 is 31.9. The number of carbonyl (C=O) groups is 1. The summed E-state index contributed by atoms with van der Waals surface area (Å²) in [7, 11) is -4.65. The Hall–Kier alpha value is -2.54. The van der Waals surface area contributed by atoms with E-state index in [1.54, 1.807) is 44.2 Å². The van der Waals surface area contributed by atoms with Gasteiger partial charge >= 0.3 is 16.4 Å². The van der Waals surface area contributed by atoms with Gasteiger partial charge in [-0.05, 0) is 47.9 Å². The lowest BCUT2D eigenvalue weighted by molar-refractivity contribution is 0.205. The molecule has 1 amide bonds. The van der Waals surface area contributed by atoms with Crippen LogP contribution in [0.15, 0.2) is 36.4 Å². The van der Waals surface area contributed by atoms with Crippen molar-refractivity contribution in [3.05, 3.63) is 58.7 Å². The van der Waals surface area contributed by atoms with Crippen molar-refractivity contribution >= 4 is 22.1 Å². The van der Waals surface area contributed by atoms with Crippen LogP contribution in [0.4, 0.5) is 10.5 Å². The van der Waals surface area contributed by atoms with Crippen LogP contribution in [0.1, 0.15) is 61.8 Å². The Morgan fingerprint density at radius 3 is 1.75 bits per heavy atom. The van der Waals surface area contributed by atoms with Crippen molar-refractivity contribution in [1.82, 2.24) is 0 Å². The van der Waals surface area contributed by atoms with Crippen LogP contribution < -0.4 is 8.49 Å².